The third-order valence-electron chi connectivity index (χ3n) is 4.23. The molecule has 0 aliphatic rings. The monoisotopic (exact) mass is 467 g/mol. The number of sulfonamides is 1. The number of esters is 1. The molecule has 2 aromatic rings. The van der Waals surface area contributed by atoms with Crippen molar-refractivity contribution in [1.29, 1.82) is 0 Å². The summed E-state index contributed by atoms with van der Waals surface area (Å²) < 4.78 is 54.4. The van der Waals surface area contributed by atoms with Gasteiger partial charge in [-0.3, -0.25) is 9.52 Å². The smallest absolute Gasteiger partial charge is 0.310 e. The molecule has 10 heteroatoms. The van der Waals surface area contributed by atoms with E-state index in [1.54, 1.807) is 44.4 Å². The van der Waals surface area contributed by atoms with Crippen molar-refractivity contribution in [3.8, 4) is 11.5 Å². The summed E-state index contributed by atoms with van der Waals surface area (Å²) in [6.45, 7) is 3.39. The van der Waals surface area contributed by atoms with Crippen LogP contribution in [0.3, 0.4) is 0 Å². The van der Waals surface area contributed by atoms with E-state index in [0.717, 1.165) is 0 Å². The van der Waals surface area contributed by atoms with Crippen LogP contribution in [-0.2, 0) is 35.4 Å². The predicted molar refractivity (Wildman–Crippen MR) is 119 cm³/mol. The van der Waals surface area contributed by atoms with E-state index in [1.165, 1.54) is 19.2 Å². The van der Waals surface area contributed by atoms with Gasteiger partial charge in [0.1, 0.15) is 18.1 Å². The van der Waals surface area contributed by atoms with Crippen molar-refractivity contribution in [2.24, 2.45) is 0 Å². The molecule has 9 nitrogen and oxygen atoms in total. The Kier molecular flexibility index (Phi) is 10.3. The first kappa shape index (κ1) is 25.4. The zero-order valence-electron chi connectivity index (χ0n) is 18.5. The van der Waals surface area contributed by atoms with Crippen LogP contribution in [0.2, 0.25) is 0 Å². The van der Waals surface area contributed by atoms with Gasteiger partial charge in [0.15, 0.2) is 0 Å². The summed E-state index contributed by atoms with van der Waals surface area (Å²) in [5, 5.41) is 0. The quantitative estimate of drug-likeness (QED) is 0.334. The maximum atomic E-state index is 12.9. The number of hydrogen-bond donors (Lipinski definition) is 1. The summed E-state index contributed by atoms with van der Waals surface area (Å²) >= 11 is 0. The van der Waals surface area contributed by atoms with E-state index >= 15 is 0 Å². The summed E-state index contributed by atoms with van der Waals surface area (Å²) in [4.78, 5) is 11.9. The number of benzene rings is 2. The van der Waals surface area contributed by atoms with E-state index in [0.29, 0.717) is 36.9 Å². The Bertz CT molecular complexity index is 960. The highest BCUT2D eigenvalue weighted by molar-refractivity contribution is 7.92. The van der Waals surface area contributed by atoms with Gasteiger partial charge in [-0.1, -0.05) is 6.07 Å². The molecule has 0 saturated carbocycles. The Hall–Kier alpha value is -2.82. The Balaban J connectivity index is 2.20. The van der Waals surface area contributed by atoms with Crippen LogP contribution in [0.1, 0.15) is 12.5 Å². The predicted octanol–water partition coefficient (Wildman–Crippen LogP) is 2.64. The lowest BCUT2D eigenvalue weighted by Crippen LogP contribution is -2.16. The average molecular weight is 468 g/mol. The Morgan fingerprint density at radius 2 is 1.69 bits per heavy atom. The van der Waals surface area contributed by atoms with E-state index in [9.17, 15) is 13.2 Å². The highest BCUT2D eigenvalue weighted by Crippen LogP contribution is 2.29. The lowest BCUT2D eigenvalue weighted by Gasteiger charge is -2.15. The minimum absolute atomic E-state index is 0.00547. The normalized spacial score (nSPS) is 11.1. The van der Waals surface area contributed by atoms with E-state index in [2.05, 4.69) is 4.72 Å². The summed E-state index contributed by atoms with van der Waals surface area (Å²) in [5.41, 5.74) is 0.791. The number of ether oxygens (including phenoxy) is 5. The molecule has 176 valence electrons. The standard InChI is InChI=1S/C22H29NO8S/c1-4-30-22(24)16-17-5-10-21(31-14-13-29-12-11-27-2)20(15-17)23-32(25,26)19-8-6-18(28-3)7-9-19/h5-10,15,23H,4,11-14,16H2,1-3H3. The van der Waals surface area contributed by atoms with Crippen molar-refractivity contribution in [3.05, 3.63) is 48.0 Å². The second-order valence-corrected chi connectivity index (χ2v) is 8.23. The molecule has 0 aliphatic carbocycles. The number of carbonyl (C=O) groups is 1. The Morgan fingerprint density at radius 3 is 2.34 bits per heavy atom. The third kappa shape index (κ3) is 8.03. The second-order valence-electron chi connectivity index (χ2n) is 6.55. The van der Waals surface area contributed by atoms with E-state index in [1.807, 2.05) is 0 Å². The molecule has 0 atom stereocenters. The molecule has 1 N–H and O–H groups in total. The lowest BCUT2D eigenvalue weighted by atomic mass is 10.1. The topological polar surface area (TPSA) is 109 Å². The van der Waals surface area contributed by atoms with E-state index in [4.69, 9.17) is 23.7 Å². The van der Waals surface area contributed by atoms with Crippen LogP contribution in [0, 0.1) is 0 Å². The molecule has 0 aromatic heterocycles. The lowest BCUT2D eigenvalue weighted by molar-refractivity contribution is -0.142. The first-order valence-electron chi connectivity index (χ1n) is 10.0. The van der Waals surface area contributed by atoms with Crippen molar-refractivity contribution in [2.45, 2.75) is 18.2 Å². The molecular formula is C22H29NO8S. The van der Waals surface area contributed by atoms with Gasteiger partial charge in [-0.15, -0.1) is 0 Å². The van der Waals surface area contributed by atoms with Gasteiger partial charge in [-0.25, -0.2) is 8.42 Å². The number of carbonyl (C=O) groups excluding carboxylic acids is 1. The molecule has 32 heavy (non-hydrogen) atoms. The molecule has 0 bridgehead atoms. The summed E-state index contributed by atoms with van der Waals surface area (Å²) in [5.74, 6) is 0.444. The van der Waals surface area contributed by atoms with Crippen molar-refractivity contribution in [2.75, 3.05) is 52.0 Å². The second kappa shape index (κ2) is 12.9. The van der Waals surface area contributed by atoms with Crippen molar-refractivity contribution < 1.29 is 36.9 Å². The number of nitrogens with one attached hydrogen (secondary N) is 1. The molecule has 2 aromatic carbocycles. The van der Waals surface area contributed by atoms with Crippen LogP contribution in [0.25, 0.3) is 0 Å². The zero-order valence-corrected chi connectivity index (χ0v) is 19.3. The number of hydrogen-bond acceptors (Lipinski definition) is 8. The van der Waals surface area contributed by atoms with Gasteiger partial charge >= 0.3 is 5.97 Å². The van der Waals surface area contributed by atoms with Crippen LogP contribution < -0.4 is 14.2 Å². The number of rotatable bonds is 14. The summed E-state index contributed by atoms with van der Waals surface area (Å²) in [6, 6.07) is 10.8. The van der Waals surface area contributed by atoms with Crippen LogP contribution in [0.5, 0.6) is 11.5 Å². The van der Waals surface area contributed by atoms with Gasteiger partial charge in [0, 0.05) is 7.11 Å². The molecule has 0 unspecified atom stereocenters. The molecule has 0 spiro atoms. The Morgan fingerprint density at radius 1 is 0.969 bits per heavy atom. The highest BCUT2D eigenvalue weighted by Gasteiger charge is 2.18. The van der Waals surface area contributed by atoms with Gasteiger partial charge in [-0.2, -0.15) is 0 Å². The number of methoxy groups -OCH3 is 2. The largest absolute Gasteiger partial charge is 0.497 e. The average Bonchev–Trinajstić information content (AvgIpc) is 2.77. The van der Waals surface area contributed by atoms with Crippen molar-refractivity contribution in [1.82, 2.24) is 0 Å². The highest BCUT2D eigenvalue weighted by atomic mass is 32.2. The van der Waals surface area contributed by atoms with Crippen LogP contribution in [0.4, 0.5) is 5.69 Å². The Labute approximate surface area is 188 Å². The van der Waals surface area contributed by atoms with Gasteiger partial charge in [0.05, 0.1) is 50.5 Å². The molecule has 2 rings (SSSR count). The fourth-order valence-corrected chi connectivity index (χ4v) is 3.75. The van der Waals surface area contributed by atoms with Crippen LogP contribution in [0.15, 0.2) is 47.4 Å². The fraction of sp³-hybridized carbons (Fsp3) is 0.409. The minimum Gasteiger partial charge on any atom is -0.497 e. The SMILES string of the molecule is CCOC(=O)Cc1ccc(OCCOCCOC)c(NS(=O)(=O)c2ccc(OC)cc2)c1. The molecule has 0 saturated heterocycles. The minimum atomic E-state index is -3.91. The van der Waals surface area contributed by atoms with Gasteiger partial charge in [-0.05, 0) is 48.9 Å². The molecule has 0 fully saturated rings. The maximum absolute atomic E-state index is 12.9. The molecule has 0 amide bonds. The maximum Gasteiger partial charge on any atom is 0.310 e. The summed E-state index contributed by atoms with van der Waals surface area (Å²) in [6.07, 6.45) is 0.00547. The summed E-state index contributed by atoms with van der Waals surface area (Å²) in [7, 11) is -0.827. The first-order chi connectivity index (χ1) is 15.4. The van der Waals surface area contributed by atoms with E-state index < -0.39 is 16.0 Å². The van der Waals surface area contributed by atoms with Crippen LogP contribution >= 0.6 is 0 Å². The molecular weight excluding hydrogens is 438 g/mol. The third-order valence-corrected chi connectivity index (χ3v) is 5.61. The molecule has 0 radical (unpaired) electrons. The van der Waals surface area contributed by atoms with Gasteiger partial charge in [0.2, 0.25) is 0 Å². The number of anilines is 1. The van der Waals surface area contributed by atoms with Gasteiger partial charge < -0.3 is 23.7 Å². The van der Waals surface area contributed by atoms with Crippen molar-refractivity contribution in [3.63, 3.8) is 0 Å². The molecule has 0 aliphatic heterocycles. The zero-order chi connectivity index (χ0) is 23.4. The van der Waals surface area contributed by atoms with E-state index in [-0.39, 0.29) is 30.2 Å². The van der Waals surface area contributed by atoms with Gasteiger partial charge in [0.25, 0.3) is 10.0 Å². The molecule has 0 heterocycles. The fourth-order valence-electron chi connectivity index (χ4n) is 2.68. The van der Waals surface area contributed by atoms with Crippen molar-refractivity contribution >= 4 is 21.7 Å². The first-order valence-corrected chi connectivity index (χ1v) is 11.5. The van der Waals surface area contributed by atoms with Crippen LogP contribution in [-0.4, -0.2) is 61.6 Å².